The lowest BCUT2D eigenvalue weighted by molar-refractivity contribution is 0.415. The summed E-state index contributed by atoms with van der Waals surface area (Å²) in [5, 5.41) is 17.8. The number of benzene rings is 2. The van der Waals surface area contributed by atoms with Gasteiger partial charge in [0, 0.05) is 5.75 Å². The normalized spacial score (nSPS) is 13.1. The highest BCUT2D eigenvalue weighted by atomic mass is 32.2. The number of rotatable bonds is 5. The Morgan fingerprint density at radius 2 is 2.00 bits per heavy atom. The monoisotopic (exact) mass is 408 g/mol. The van der Waals surface area contributed by atoms with Gasteiger partial charge in [0.1, 0.15) is 10.7 Å². The van der Waals surface area contributed by atoms with E-state index in [9.17, 15) is 0 Å². The Morgan fingerprint density at radius 1 is 1.21 bits per heavy atom. The molecule has 0 fully saturated rings. The first-order chi connectivity index (χ1) is 13.7. The van der Waals surface area contributed by atoms with Gasteiger partial charge >= 0.3 is 0 Å². The second kappa shape index (κ2) is 8.32. The molecule has 0 bridgehead atoms. The number of methoxy groups -OCH3 is 1. The van der Waals surface area contributed by atoms with Crippen LogP contribution in [0.2, 0.25) is 0 Å². The van der Waals surface area contributed by atoms with E-state index < -0.39 is 0 Å². The fraction of sp³-hybridized carbons (Fsp3) is 0.105. The maximum atomic E-state index is 5.42. The number of hydrazone groups is 1. The molecule has 4 rings (SSSR count). The summed E-state index contributed by atoms with van der Waals surface area (Å²) >= 11 is 7.02. The van der Waals surface area contributed by atoms with Crippen molar-refractivity contribution in [3.63, 3.8) is 0 Å². The highest BCUT2D eigenvalue weighted by molar-refractivity contribution is 8.00. The maximum absolute atomic E-state index is 5.42. The minimum atomic E-state index is 0.400. The number of aromatic nitrogens is 3. The van der Waals surface area contributed by atoms with Crippen LogP contribution in [0.15, 0.2) is 69.8 Å². The minimum absolute atomic E-state index is 0.400. The maximum Gasteiger partial charge on any atom is 0.158 e. The highest BCUT2D eigenvalue weighted by Crippen LogP contribution is 2.26. The predicted octanol–water partition coefficient (Wildman–Crippen LogP) is 2.94. The van der Waals surface area contributed by atoms with Crippen LogP contribution in [0.5, 0.6) is 5.75 Å². The first-order valence-corrected chi connectivity index (χ1v) is 9.83. The molecule has 7 nitrogen and oxygen atoms in total. The molecule has 0 radical (unpaired) electrons. The summed E-state index contributed by atoms with van der Waals surface area (Å²) < 4.78 is 5.14. The fourth-order valence-corrected chi connectivity index (χ4v) is 3.78. The number of nitrogens with one attached hydrogen (secondary N) is 1. The van der Waals surface area contributed by atoms with E-state index >= 15 is 0 Å². The molecule has 1 N–H and O–H groups in total. The molecule has 2 aromatic carbocycles. The predicted molar refractivity (Wildman–Crippen MR) is 115 cm³/mol. The van der Waals surface area contributed by atoms with Crippen LogP contribution in [0, 0.1) is 0 Å². The Morgan fingerprint density at radius 3 is 2.75 bits per heavy atom. The van der Waals surface area contributed by atoms with Crippen LogP contribution >= 0.6 is 24.0 Å². The summed E-state index contributed by atoms with van der Waals surface area (Å²) in [5.41, 5.74) is 6.36. The van der Waals surface area contributed by atoms with Gasteiger partial charge in [-0.3, -0.25) is 5.43 Å². The second-order valence-electron chi connectivity index (χ2n) is 5.81. The Kier molecular flexibility index (Phi) is 5.45. The van der Waals surface area contributed by atoms with Gasteiger partial charge < -0.3 is 4.74 Å². The molecule has 3 aromatic rings. The number of hydrogen-bond donors (Lipinski definition) is 1. The molecule has 0 saturated heterocycles. The zero-order valence-electron chi connectivity index (χ0n) is 14.9. The van der Waals surface area contributed by atoms with Crippen molar-refractivity contribution in [3.8, 4) is 5.75 Å². The van der Waals surface area contributed by atoms with E-state index in [4.69, 9.17) is 17.0 Å². The summed E-state index contributed by atoms with van der Waals surface area (Å²) in [6.45, 7) is 0. The van der Waals surface area contributed by atoms with Crippen LogP contribution in [0.3, 0.4) is 0 Å². The van der Waals surface area contributed by atoms with Crippen LogP contribution in [-0.2, 0) is 0 Å². The van der Waals surface area contributed by atoms with Gasteiger partial charge in [-0.2, -0.15) is 10.2 Å². The summed E-state index contributed by atoms with van der Waals surface area (Å²) in [7, 11) is 1.63. The average molecular weight is 409 g/mol. The Labute approximate surface area is 171 Å². The van der Waals surface area contributed by atoms with Crippen molar-refractivity contribution >= 4 is 40.9 Å². The van der Waals surface area contributed by atoms with Crippen molar-refractivity contribution in [3.05, 3.63) is 71.4 Å². The molecule has 9 heteroatoms. The van der Waals surface area contributed by atoms with Gasteiger partial charge in [-0.25, -0.2) is 0 Å². The molecular formula is C19H16N6OS2. The molecule has 0 aliphatic carbocycles. The summed E-state index contributed by atoms with van der Waals surface area (Å²) in [6, 6.07) is 17.6. The first kappa shape index (κ1) is 18.3. The van der Waals surface area contributed by atoms with Gasteiger partial charge in [-0.1, -0.05) is 54.3 Å². The standard InChI is InChI=1S/C19H16N6OS2/c1-26-15-9-7-13(8-10-15)11-20-22-18(27)17-19-25(24-21-17)23-16(12-28-19)14-5-3-2-4-6-14/h2-11H,12H2,1H3,(H,22,27). The molecule has 0 atom stereocenters. The number of fused-ring (bicyclic) bond motifs is 1. The van der Waals surface area contributed by atoms with Crippen LogP contribution in [-0.4, -0.2) is 44.9 Å². The lowest BCUT2D eigenvalue weighted by atomic mass is 10.1. The van der Waals surface area contributed by atoms with Crippen LogP contribution in [0.1, 0.15) is 16.8 Å². The first-order valence-electron chi connectivity index (χ1n) is 8.44. The molecule has 1 aliphatic heterocycles. The summed E-state index contributed by atoms with van der Waals surface area (Å²) in [6.07, 6.45) is 1.68. The zero-order valence-corrected chi connectivity index (χ0v) is 16.6. The Balaban J connectivity index is 1.46. The molecule has 1 aromatic heterocycles. The molecule has 140 valence electrons. The topological polar surface area (TPSA) is 76.7 Å². The van der Waals surface area contributed by atoms with Gasteiger partial charge in [0.05, 0.1) is 19.0 Å². The van der Waals surface area contributed by atoms with Crippen molar-refractivity contribution in [2.24, 2.45) is 10.2 Å². The van der Waals surface area contributed by atoms with Gasteiger partial charge in [0.25, 0.3) is 0 Å². The molecule has 1 aliphatic rings. The molecule has 0 unspecified atom stereocenters. The lowest BCUT2D eigenvalue weighted by Crippen LogP contribution is -2.19. The van der Waals surface area contributed by atoms with Crippen LogP contribution in [0.25, 0.3) is 0 Å². The summed E-state index contributed by atoms with van der Waals surface area (Å²) in [5.74, 6) is 1.52. The number of hydrogen-bond acceptors (Lipinski definition) is 7. The van der Waals surface area contributed by atoms with Crippen LogP contribution in [0.4, 0.5) is 0 Å². The number of thiocarbonyl (C=S) groups is 1. The molecular weight excluding hydrogens is 392 g/mol. The van der Waals surface area contributed by atoms with Gasteiger partial charge in [-0.05, 0) is 40.6 Å². The van der Waals surface area contributed by atoms with Gasteiger partial charge in [0.15, 0.2) is 10.7 Å². The molecule has 28 heavy (non-hydrogen) atoms. The van der Waals surface area contributed by atoms with E-state index in [1.807, 2.05) is 54.6 Å². The summed E-state index contributed by atoms with van der Waals surface area (Å²) in [4.78, 5) is 1.92. The SMILES string of the molecule is COc1ccc(C=NNC(=S)c2nnn3c2SCC(c2ccccc2)=N3)cc1. The zero-order chi connectivity index (χ0) is 19.3. The number of ether oxygens (including phenoxy) is 1. The second-order valence-corrected chi connectivity index (χ2v) is 7.18. The van der Waals surface area contributed by atoms with Crippen LogP contribution < -0.4 is 10.2 Å². The number of thioether (sulfide) groups is 1. The average Bonchev–Trinajstić information content (AvgIpc) is 3.18. The Bertz CT molecular complexity index is 1040. The minimum Gasteiger partial charge on any atom is -0.497 e. The van der Waals surface area contributed by atoms with Crippen molar-refractivity contribution < 1.29 is 4.74 Å². The van der Waals surface area contributed by atoms with E-state index in [1.165, 1.54) is 4.79 Å². The van der Waals surface area contributed by atoms with E-state index in [0.29, 0.717) is 10.7 Å². The smallest absolute Gasteiger partial charge is 0.158 e. The third-order valence-corrected chi connectivity index (χ3v) is 5.32. The number of nitrogens with zero attached hydrogens (tertiary/aromatic N) is 5. The van der Waals surface area contributed by atoms with E-state index in [2.05, 4.69) is 25.9 Å². The van der Waals surface area contributed by atoms with E-state index in [0.717, 1.165) is 33.4 Å². The van der Waals surface area contributed by atoms with E-state index in [-0.39, 0.29) is 0 Å². The van der Waals surface area contributed by atoms with Gasteiger partial charge in [0.2, 0.25) is 0 Å². The molecule has 2 heterocycles. The highest BCUT2D eigenvalue weighted by Gasteiger charge is 2.22. The Hall–Kier alpha value is -3.04. The third-order valence-electron chi connectivity index (χ3n) is 3.99. The quantitative estimate of drug-likeness (QED) is 0.397. The van der Waals surface area contributed by atoms with Gasteiger partial charge in [-0.15, -0.1) is 9.89 Å². The van der Waals surface area contributed by atoms with E-state index in [1.54, 1.807) is 25.1 Å². The van der Waals surface area contributed by atoms with Crippen molar-refractivity contribution in [1.82, 2.24) is 20.5 Å². The van der Waals surface area contributed by atoms with Crippen molar-refractivity contribution in [2.75, 3.05) is 12.9 Å². The molecule has 0 amide bonds. The lowest BCUT2D eigenvalue weighted by Gasteiger charge is -2.13. The van der Waals surface area contributed by atoms with Crippen molar-refractivity contribution in [2.45, 2.75) is 5.03 Å². The fourth-order valence-electron chi connectivity index (χ4n) is 2.56. The third kappa shape index (κ3) is 3.95. The molecule has 0 saturated carbocycles. The molecule has 0 spiro atoms. The largest absolute Gasteiger partial charge is 0.497 e. The van der Waals surface area contributed by atoms with Crippen molar-refractivity contribution in [1.29, 1.82) is 0 Å².